The Hall–Kier alpha value is -1.28. The van der Waals surface area contributed by atoms with Gasteiger partial charge in [0.1, 0.15) is 0 Å². The number of ether oxygens (including phenoxy) is 1. The summed E-state index contributed by atoms with van der Waals surface area (Å²) in [5, 5.41) is 0. The van der Waals surface area contributed by atoms with Crippen LogP contribution in [-0.2, 0) is 14.3 Å². The van der Waals surface area contributed by atoms with Gasteiger partial charge in [0, 0.05) is 12.5 Å². The fraction of sp³-hybridized carbons (Fsp3) is 0.818. The van der Waals surface area contributed by atoms with Crippen LogP contribution < -0.4 is 0 Å². The van der Waals surface area contributed by atoms with Crippen molar-refractivity contribution in [2.75, 3.05) is 26.3 Å². The second kappa shape index (κ2) is 11.8. The van der Waals surface area contributed by atoms with Crippen LogP contribution in [0.2, 0.25) is 0 Å². The Morgan fingerprint density at radius 1 is 1.25 bits per heavy atom. The first-order valence-corrected chi connectivity index (χ1v) is 5.50. The van der Waals surface area contributed by atoms with Crippen LogP contribution in [0.5, 0.6) is 0 Å². The molecule has 5 nitrogen and oxygen atoms in total. The Balaban J connectivity index is 3.79. The van der Waals surface area contributed by atoms with E-state index in [1.807, 2.05) is 6.92 Å². The van der Waals surface area contributed by atoms with E-state index in [2.05, 4.69) is 9.98 Å². The maximum atomic E-state index is 10.0. The van der Waals surface area contributed by atoms with Gasteiger partial charge in [0.25, 0.3) is 0 Å². The average molecular weight is 226 g/mol. The van der Waals surface area contributed by atoms with Crippen molar-refractivity contribution in [3.63, 3.8) is 0 Å². The number of hydrogen-bond acceptors (Lipinski definition) is 5. The van der Waals surface area contributed by atoms with E-state index in [1.165, 1.54) is 12.2 Å². The summed E-state index contributed by atoms with van der Waals surface area (Å²) in [7, 11) is 0. The molecule has 0 amide bonds. The minimum Gasteiger partial charge on any atom is -0.381 e. The van der Waals surface area contributed by atoms with Gasteiger partial charge in [0.15, 0.2) is 0 Å². The van der Waals surface area contributed by atoms with Gasteiger partial charge in [-0.2, -0.15) is 0 Å². The summed E-state index contributed by atoms with van der Waals surface area (Å²) in [6.07, 6.45) is 5.60. The van der Waals surface area contributed by atoms with Crippen molar-refractivity contribution in [1.29, 1.82) is 0 Å². The van der Waals surface area contributed by atoms with Gasteiger partial charge in [-0.3, -0.25) is 0 Å². The zero-order valence-electron chi connectivity index (χ0n) is 9.65. The Morgan fingerprint density at radius 3 is 2.62 bits per heavy atom. The van der Waals surface area contributed by atoms with Crippen LogP contribution in [0.25, 0.3) is 0 Å². The normalized spacial score (nSPS) is 11.3. The van der Waals surface area contributed by atoms with E-state index < -0.39 is 0 Å². The molecule has 0 saturated heterocycles. The lowest BCUT2D eigenvalue weighted by atomic mass is 10.0. The summed E-state index contributed by atoms with van der Waals surface area (Å²) in [5.74, 6) is 0.204. The third kappa shape index (κ3) is 9.28. The van der Waals surface area contributed by atoms with E-state index in [9.17, 15) is 9.59 Å². The highest BCUT2D eigenvalue weighted by atomic mass is 16.5. The summed E-state index contributed by atoms with van der Waals surface area (Å²) in [5.41, 5.74) is 0. The topological polar surface area (TPSA) is 68.1 Å². The van der Waals surface area contributed by atoms with Crippen molar-refractivity contribution in [3.8, 4) is 0 Å². The van der Waals surface area contributed by atoms with Gasteiger partial charge < -0.3 is 4.74 Å². The largest absolute Gasteiger partial charge is 0.381 e. The maximum Gasteiger partial charge on any atom is 0.234 e. The van der Waals surface area contributed by atoms with Gasteiger partial charge in [-0.25, -0.2) is 19.6 Å². The standard InChI is InChI=1S/C11H18N2O3/c1-2-6-16-8-11(7-13-10-15)4-3-5-12-9-14/h11H,2-8H2,1H3. The first kappa shape index (κ1) is 14.7. The fourth-order valence-corrected chi connectivity index (χ4v) is 1.29. The summed E-state index contributed by atoms with van der Waals surface area (Å²) >= 11 is 0. The highest BCUT2D eigenvalue weighted by Crippen LogP contribution is 2.08. The quantitative estimate of drug-likeness (QED) is 0.322. The number of nitrogens with zero attached hydrogens (tertiary/aromatic N) is 2. The van der Waals surface area contributed by atoms with Gasteiger partial charge in [0.05, 0.1) is 19.7 Å². The lowest BCUT2D eigenvalue weighted by Crippen LogP contribution is -2.14. The molecule has 16 heavy (non-hydrogen) atoms. The molecule has 1 unspecified atom stereocenters. The first-order valence-electron chi connectivity index (χ1n) is 5.50. The minimum atomic E-state index is 0.204. The summed E-state index contributed by atoms with van der Waals surface area (Å²) in [6, 6.07) is 0. The molecule has 0 bridgehead atoms. The smallest absolute Gasteiger partial charge is 0.234 e. The monoisotopic (exact) mass is 226 g/mol. The fourth-order valence-electron chi connectivity index (χ4n) is 1.29. The molecular weight excluding hydrogens is 208 g/mol. The summed E-state index contributed by atoms with van der Waals surface area (Å²) in [6.45, 7) is 4.24. The second-order valence-corrected chi connectivity index (χ2v) is 3.49. The molecule has 0 saturated carbocycles. The second-order valence-electron chi connectivity index (χ2n) is 3.49. The van der Waals surface area contributed by atoms with Gasteiger partial charge in [-0.15, -0.1) is 0 Å². The molecule has 5 heteroatoms. The van der Waals surface area contributed by atoms with Gasteiger partial charge >= 0.3 is 0 Å². The molecule has 0 N–H and O–H groups in total. The number of aliphatic imine (C=N–C) groups is 2. The van der Waals surface area contributed by atoms with Crippen LogP contribution >= 0.6 is 0 Å². The maximum absolute atomic E-state index is 10.0. The average Bonchev–Trinajstić information content (AvgIpc) is 2.31. The number of carbonyl (C=O) groups excluding carboxylic acids is 2. The molecule has 0 aliphatic carbocycles. The molecule has 0 aromatic rings. The van der Waals surface area contributed by atoms with Crippen molar-refractivity contribution in [1.82, 2.24) is 0 Å². The molecule has 0 fully saturated rings. The molecule has 1 atom stereocenters. The zero-order chi connectivity index (χ0) is 12.1. The molecular formula is C11H18N2O3. The van der Waals surface area contributed by atoms with Crippen LogP contribution in [-0.4, -0.2) is 38.5 Å². The van der Waals surface area contributed by atoms with Crippen molar-refractivity contribution in [2.45, 2.75) is 26.2 Å². The number of hydrogen-bond donors (Lipinski definition) is 0. The molecule has 0 spiro atoms. The molecule has 0 aliphatic heterocycles. The SMILES string of the molecule is CCCOCC(CCCN=C=O)CN=C=O. The van der Waals surface area contributed by atoms with E-state index in [-0.39, 0.29) is 5.92 Å². The van der Waals surface area contributed by atoms with E-state index in [4.69, 9.17) is 4.74 Å². The van der Waals surface area contributed by atoms with Gasteiger partial charge in [-0.05, 0) is 19.3 Å². The Bertz CT molecular complexity index is 256. The van der Waals surface area contributed by atoms with Crippen LogP contribution in [0.3, 0.4) is 0 Å². The van der Waals surface area contributed by atoms with Crippen molar-refractivity contribution < 1.29 is 14.3 Å². The summed E-state index contributed by atoms with van der Waals surface area (Å²) < 4.78 is 5.40. The third-order valence-electron chi connectivity index (χ3n) is 2.06. The molecule has 0 radical (unpaired) electrons. The predicted octanol–water partition coefficient (Wildman–Crippen LogP) is 1.48. The molecule has 0 aromatic heterocycles. The predicted molar refractivity (Wildman–Crippen MR) is 59.8 cm³/mol. The van der Waals surface area contributed by atoms with E-state index in [0.29, 0.717) is 26.3 Å². The third-order valence-corrected chi connectivity index (χ3v) is 2.06. The van der Waals surface area contributed by atoms with E-state index in [1.54, 1.807) is 0 Å². The minimum absolute atomic E-state index is 0.204. The zero-order valence-corrected chi connectivity index (χ0v) is 9.65. The molecule has 0 heterocycles. The molecule has 0 aliphatic rings. The Labute approximate surface area is 95.6 Å². The Kier molecular flexibility index (Phi) is 10.8. The van der Waals surface area contributed by atoms with Crippen molar-refractivity contribution in [3.05, 3.63) is 0 Å². The molecule has 0 rings (SSSR count). The van der Waals surface area contributed by atoms with Crippen molar-refractivity contribution in [2.24, 2.45) is 15.9 Å². The van der Waals surface area contributed by atoms with E-state index >= 15 is 0 Å². The van der Waals surface area contributed by atoms with Crippen LogP contribution in [0.15, 0.2) is 9.98 Å². The highest BCUT2D eigenvalue weighted by molar-refractivity contribution is 5.33. The Morgan fingerprint density at radius 2 is 2.00 bits per heavy atom. The lowest BCUT2D eigenvalue weighted by molar-refractivity contribution is 0.0989. The highest BCUT2D eigenvalue weighted by Gasteiger charge is 2.07. The van der Waals surface area contributed by atoms with Crippen LogP contribution in [0.4, 0.5) is 0 Å². The number of rotatable bonds is 10. The van der Waals surface area contributed by atoms with Gasteiger partial charge in [0.2, 0.25) is 12.2 Å². The molecule has 0 aromatic carbocycles. The van der Waals surface area contributed by atoms with Crippen molar-refractivity contribution >= 4 is 12.2 Å². The number of isocyanates is 2. The van der Waals surface area contributed by atoms with Crippen LogP contribution in [0.1, 0.15) is 26.2 Å². The lowest BCUT2D eigenvalue weighted by Gasteiger charge is -2.13. The van der Waals surface area contributed by atoms with Gasteiger partial charge in [-0.1, -0.05) is 6.92 Å². The first-order chi connectivity index (χ1) is 7.85. The van der Waals surface area contributed by atoms with E-state index in [0.717, 1.165) is 19.3 Å². The summed E-state index contributed by atoms with van der Waals surface area (Å²) in [4.78, 5) is 26.9. The van der Waals surface area contributed by atoms with Crippen LogP contribution in [0, 0.1) is 5.92 Å². The molecule has 90 valence electrons.